The lowest BCUT2D eigenvalue weighted by Gasteiger charge is -2.71. The van der Waals surface area contributed by atoms with Gasteiger partial charge in [0, 0.05) is 5.92 Å². The van der Waals surface area contributed by atoms with E-state index in [1.807, 2.05) is 0 Å². The quantitative estimate of drug-likeness (QED) is 0.0515. The van der Waals surface area contributed by atoms with Crippen molar-refractivity contribution < 1.29 is 124 Å². The Morgan fingerprint density at radius 3 is 1.76 bits per heavy atom. The molecule has 9 rings (SSSR count). The predicted molar refractivity (Wildman–Crippen MR) is 260 cm³/mol. The molecule has 0 radical (unpaired) electrons. The standard InChI is InChI=1S/C53H84O25/c1-48(2)27-9-12-51(5)28(8-7-21-22-15-49(3,46(68)69)13-14-53(22,29(58)16-52(21,51)6)47(70)78-44-38(66)35(63)32(60)25(18-55)73-44)50(27,4)11-10-30(48)75-42-39(67)40(23(57)20-71-42)76-45-41(36(64)33(61)26(19-56)74-45)77-43-37(65)34(62)31(59)24(17-54)72-43/h7,22-45,54-67H,8-20H2,1-6H3,(H,68,69)/t22-,23+,24+,25+,26+,27+,28-,29+,30-,31+,32-,33+,34-,35-,36-,37+,38+,39+,40-,41+,42-,43-,44-,45-,49-,50-,51+,52+,53+/m0/s1. The Morgan fingerprint density at radius 1 is 0.590 bits per heavy atom. The van der Waals surface area contributed by atoms with Gasteiger partial charge in [0.2, 0.25) is 6.29 Å². The van der Waals surface area contributed by atoms with Crippen LogP contribution < -0.4 is 0 Å². The molecule has 5 aliphatic carbocycles. The third-order valence-electron chi connectivity index (χ3n) is 21.3. The molecule has 29 atom stereocenters. The van der Waals surface area contributed by atoms with Crippen LogP contribution in [0.1, 0.15) is 99.3 Å². The van der Waals surface area contributed by atoms with E-state index in [1.165, 1.54) is 0 Å². The van der Waals surface area contributed by atoms with E-state index in [9.17, 15) is 86.2 Å². The second kappa shape index (κ2) is 21.8. The van der Waals surface area contributed by atoms with E-state index in [0.717, 1.165) is 5.57 Å². The van der Waals surface area contributed by atoms with Crippen LogP contribution in [-0.4, -0.2) is 244 Å². The zero-order valence-corrected chi connectivity index (χ0v) is 44.9. The van der Waals surface area contributed by atoms with Gasteiger partial charge in [-0.25, -0.2) is 0 Å². The molecule has 0 spiro atoms. The maximum absolute atomic E-state index is 14.8. The fourth-order valence-electron chi connectivity index (χ4n) is 16.4. The number of esters is 1. The molecule has 0 unspecified atom stereocenters. The molecular formula is C53H84O25. The summed E-state index contributed by atoms with van der Waals surface area (Å²) in [6.07, 6.45) is -29.0. The Bertz CT molecular complexity index is 2200. The zero-order valence-electron chi connectivity index (χ0n) is 44.9. The summed E-state index contributed by atoms with van der Waals surface area (Å²) < 4.78 is 47.2. The van der Waals surface area contributed by atoms with Crippen molar-refractivity contribution in [2.24, 2.45) is 50.2 Å². The summed E-state index contributed by atoms with van der Waals surface area (Å²) in [5.41, 5.74) is -4.34. The average Bonchev–Trinajstić information content (AvgIpc) is 2.20. The maximum atomic E-state index is 14.8. The molecular weight excluding hydrogens is 1040 g/mol. The number of carboxylic acid groups (broad SMARTS) is 1. The fourth-order valence-corrected chi connectivity index (χ4v) is 16.4. The largest absolute Gasteiger partial charge is 0.481 e. The molecule has 0 amide bonds. The Labute approximate surface area is 451 Å². The first-order chi connectivity index (χ1) is 36.5. The number of aliphatic hydroxyl groups excluding tert-OH is 14. The molecule has 0 aromatic heterocycles. The number of hydrogen-bond acceptors (Lipinski definition) is 24. The normalized spacial score (nSPS) is 54.1. The lowest BCUT2D eigenvalue weighted by molar-refractivity contribution is -0.387. The smallest absolute Gasteiger partial charge is 0.317 e. The SMILES string of the molecule is CC1(C)[C@@H](O[C@@H]2OC[C@@H](O)[C@H](O[C@@H]3O[C@H](CO)[C@@H](O)[C@H](O)[C@H]3O[C@@H]3O[C@H](CO)[C@@H](O)[C@H](O)[C@H]3O)[C@H]2O)CC[C@@]2(C)[C@@H]1CC[C@]1(C)[C@H]2CC=C2[C@@H]3C[C@@](C)(C(=O)O)CC[C@]3(C(=O)O[C@@H]3O[C@H](CO)[C@H](O)[C@H](O)[C@H]3O)[C@H](O)C[C@]21C. The summed E-state index contributed by atoms with van der Waals surface area (Å²) in [5.74, 6) is -2.81. The van der Waals surface area contributed by atoms with Crippen LogP contribution in [0, 0.1) is 50.2 Å². The third-order valence-corrected chi connectivity index (χ3v) is 21.3. The van der Waals surface area contributed by atoms with Crippen LogP contribution in [0.3, 0.4) is 0 Å². The second-order valence-corrected chi connectivity index (χ2v) is 25.6. The number of rotatable bonds is 12. The first-order valence-electron chi connectivity index (χ1n) is 27.5. The number of carbonyl (C=O) groups is 2. The molecule has 25 nitrogen and oxygen atoms in total. The van der Waals surface area contributed by atoms with Crippen molar-refractivity contribution in [1.82, 2.24) is 0 Å². The lowest BCUT2D eigenvalue weighted by atomic mass is 9.33. The molecule has 0 bridgehead atoms. The molecule has 0 aromatic carbocycles. The first kappa shape index (κ1) is 60.4. The fraction of sp³-hybridized carbons (Fsp3) is 0.925. The third kappa shape index (κ3) is 9.43. The summed E-state index contributed by atoms with van der Waals surface area (Å²) in [5, 5.41) is 161. The summed E-state index contributed by atoms with van der Waals surface area (Å²) >= 11 is 0. The van der Waals surface area contributed by atoms with Crippen LogP contribution in [-0.2, 0) is 47.5 Å². The van der Waals surface area contributed by atoms with Gasteiger partial charge in [0.25, 0.3) is 0 Å². The molecule has 25 heteroatoms. The van der Waals surface area contributed by atoms with Crippen molar-refractivity contribution in [3.8, 4) is 0 Å². The molecule has 4 heterocycles. The van der Waals surface area contributed by atoms with Gasteiger partial charge in [0.1, 0.15) is 97.0 Å². The minimum atomic E-state index is -1.93. The van der Waals surface area contributed by atoms with E-state index in [0.29, 0.717) is 32.1 Å². The highest BCUT2D eigenvalue weighted by atomic mass is 16.8. The first-order valence-corrected chi connectivity index (χ1v) is 27.5. The van der Waals surface area contributed by atoms with Crippen LogP contribution in [0.5, 0.6) is 0 Å². The van der Waals surface area contributed by atoms with Gasteiger partial charge in [0.15, 0.2) is 18.9 Å². The van der Waals surface area contributed by atoms with E-state index >= 15 is 0 Å². The minimum Gasteiger partial charge on any atom is -0.481 e. The second-order valence-electron chi connectivity index (χ2n) is 25.6. The van der Waals surface area contributed by atoms with Gasteiger partial charge in [0.05, 0.1) is 44.1 Å². The van der Waals surface area contributed by atoms with Crippen LogP contribution in [0.25, 0.3) is 0 Å². The van der Waals surface area contributed by atoms with Crippen LogP contribution in [0.15, 0.2) is 11.6 Å². The van der Waals surface area contributed by atoms with Gasteiger partial charge in [-0.2, -0.15) is 0 Å². The van der Waals surface area contributed by atoms with E-state index in [4.69, 9.17) is 37.9 Å². The molecule has 446 valence electrons. The lowest BCUT2D eigenvalue weighted by Crippen LogP contribution is -2.68. The highest BCUT2D eigenvalue weighted by Crippen LogP contribution is 2.76. The van der Waals surface area contributed by atoms with Gasteiger partial charge in [-0.1, -0.05) is 46.3 Å². The summed E-state index contributed by atoms with van der Waals surface area (Å²) in [6, 6.07) is 0. The van der Waals surface area contributed by atoms with Crippen molar-refractivity contribution in [3.05, 3.63) is 11.6 Å². The Hall–Kier alpha value is -2.16. The van der Waals surface area contributed by atoms with Crippen molar-refractivity contribution in [1.29, 1.82) is 0 Å². The van der Waals surface area contributed by atoms with Gasteiger partial charge in [-0.3, -0.25) is 9.59 Å². The number of allylic oxidation sites excluding steroid dienone is 2. The van der Waals surface area contributed by atoms with Gasteiger partial charge in [-0.15, -0.1) is 0 Å². The van der Waals surface area contributed by atoms with Gasteiger partial charge >= 0.3 is 11.9 Å². The molecule has 9 aliphatic rings. The topological polar surface area (TPSA) is 411 Å². The van der Waals surface area contributed by atoms with E-state index in [-0.39, 0.29) is 42.9 Å². The number of ether oxygens (including phenoxy) is 8. The van der Waals surface area contributed by atoms with Crippen molar-refractivity contribution >= 4 is 11.9 Å². The number of carboxylic acids is 1. The van der Waals surface area contributed by atoms with Gasteiger partial charge in [-0.05, 0) is 98.2 Å². The van der Waals surface area contributed by atoms with Crippen molar-refractivity contribution in [3.63, 3.8) is 0 Å². The van der Waals surface area contributed by atoms with Crippen LogP contribution in [0.2, 0.25) is 0 Å². The number of fused-ring (bicyclic) bond motifs is 7. The predicted octanol–water partition coefficient (Wildman–Crippen LogP) is -3.36. The molecule has 4 saturated carbocycles. The number of carbonyl (C=O) groups excluding carboxylic acids is 1. The van der Waals surface area contributed by atoms with E-state index in [1.54, 1.807) is 6.92 Å². The summed E-state index contributed by atoms with van der Waals surface area (Å²) in [4.78, 5) is 27.8. The Kier molecular flexibility index (Phi) is 16.9. The Morgan fingerprint density at radius 2 is 1.15 bits per heavy atom. The van der Waals surface area contributed by atoms with Crippen molar-refractivity contribution in [2.45, 2.75) is 228 Å². The number of aliphatic carboxylic acids is 1. The monoisotopic (exact) mass is 1120 g/mol. The van der Waals surface area contributed by atoms with Crippen LogP contribution in [0.4, 0.5) is 0 Å². The number of aliphatic hydroxyl groups is 14. The van der Waals surface area contributed by atoms with Crippen LogP contribution >= 0.6 is 0 Å². The highest BCUT2D eigenvalue weighted by molar-refractivity contribution is 5.81. The molecule has 15 N–H and O–H groups in total. The molecule has 78 heavy (non-hydrogen) atoms. The summed E-state index contributed by atoms with van der Waals surface area (Å²) in [6.45, 7) is 9.65. The molecule has 4 saturated heterocycles. The molecule has 4 aliphatic heterocycles. The maximum Gasteiger partial charge on any atom is 0.317 e. The van der Waals surface area contributed by atoms with Crippen molar-refractivity contribution in [2.75, 3.05) is 26.4 Å². The zero-order chi connectivity index (χ0) is 57.1. The Balaban J connectivity index is 0.939. The number of hydrogen-bond donors (Lipinski definition) is 15. The average molecular weight is 1120 g/mol. The minimum absolute atomic E-state index is 0.00245. The highest BCUT2D eigenvalue weighted by Gasteiger charge is 2.73. The molecule has 8 fully saturated rings. The van der Waals surface area contributed by atoms with E-state index < -0.39 is 200 Å². The van der Waals surface area contributed by atoms with Gasteiger partial charge < -0.3 is 114 Å². The molecule has 0 aromatic rings. The van der Waals surface area contributed by atoms with E-state index in [2.05, 4.69) is 40.7 Å². The summed E-state index contributed by atoms with van der Waals surface area (Å²) in [7, 11) is 0.